The Kier molecular flexibility index (Phi) is 5.69. The molecule has 0 amide bonds. The fourth-order valence-corrected chi connectivity index (χ4v) is 3.45. The van der Waals surface area contributed by atoms with Crippen molar-refractivity contribution in [2.45, 2.75) is 19.0 Å². The summed E-state index contributed by atoms with van der Waals surface area (Å²) in [4.78, 5) is 18.2. The average molecular weight is 393 g/mol. The van der Waals surface area contributed by atoms with Gasteiger partial charge in [0.05, 0.1) is 18.4 Å². The Hall–Kier alpha value is -3.42. The fourth-order valence-electron chi connectivity index (χ4n) is 3.45. The van der Waals surface area contributed by atoms with E-state index in [-0.39, 0.29) is 11.9 Å². The number of aromatic nitrogens is 3. The van der Waals surface area contributed by atoms with Crippen molar-refractivity contribution in [1.82, 2.24) is 25.6 Å². The van der Waals surface area contributed by atoms with Crippen LogP contribution in [0.5, 0.6) is 0 Å². The van der Waals surface area contributed by atoms with Crippen molar-refractivity contribution in [3.05, 3.63) is 66.5 Å². The van der Waals surface area contributed by atoms with E-state index in [0.717, 1.165) is 30.0 Å². The monoisotopic (exact) mass is 393 g/mol. The molecule has 7 nitrogen and oxygen atoms in total. The number of benzene rings is 1. The van der Waals surface area contributed by atoms with Crippen molar-refractivity contribution < 1.29 is 4.39 Å². The van der Waals surface area contributed by atoms with E-state index < -0.39 is 0 Å². The van der Waals surface area contributed by atoms with Crippen LogP contribution in [0, 0.1) is 5.82 Å². The van der Waals surface area contributed by atoms with Crippen LogP contribution < -0.4 is 15.5 Å². The first-order valence-corrected chi connectivity index (χ1v) is 9.65. The van der Waals surface area contributed by atoms with E-state index in [4.69, 9.17) is 0 Å². The van der Waals surface area contributed by atoms with Crippen LogP contribution in [-0.4, -0.2) is 47.1 Å². The summed E-state index contributed by atoms with van der Waals surface area (Å²) in [5, 5.41) is 6.68. The molecular weight excluding hydrogens is 369 g/mol. The van der Waals surface area contributed by atoms with E-state index in [9.17, 15) is 4.39 Å². The summed E-state index contributed by atoms with van der Waals surface area (Å²) in [7, 11) is 1.73. The van der Waals surface area contributed by atoms with E-state index in [1.807, 2.05) is 41.4 Å². The Balaban J connectivity index is 1.31. The number of anilines is 1. The summed E-state index contributed by atoms with van der Waals surface area (Å²) in [5.74, 6) is 1.64. The third-order valence-corrected chi connectivity index (χ3v) is 4.93. The van der Waals surface area contributed by atoms with Crippen molar-refractivity contribution in [2.24, 2.45) is 4.99 Å². The third kappa shape index (κ3) is 4.53. The molecule has 150 valence electrons. The zero-order chi connectivity index (χ0) is 20.1. The summed E-state index contributed by atoms with van der Waals surface area (Å²) < 4.78 is 14.0. The number of aliphatic imine (C=N–C) groups is 1. The van der Waals surface area contributed by atoms with Crippen LogP contribution >= 0.6 is 0 Å². The molecule has 29 heavy (non-hydrogen) atoms. The van der Waals surface area contributed by atoms with Crippen LogP contribution in [0.3, 0.4) is 0 Å². The third-order valence-electron chi connectivity index (χ3n) is 4.93. The molecular formula is C21H24FN7. The summed E-state index contributed by atoms with van der Waals surface area (Å²) >= 11 is 0. The molecule has 3 heterocycles. The number of rotatable bonds is 5. The lowest BCUT2D eigenvalue weighted by molar-refractivity contribution is 0.612. The van der Waals surface area contributed by atoms with E-state index in [0.29, 0.717) is 24.9 Å². The highest BCUT2D eigenvalue weighted by atomic mass is 19.1. The molecule has 1 fully saturated rings. The van der Waals surface area contributed by atoms with Gasteiger partial charge in [0.15, 0.2) is 17.6 Å². The fraction of sp³-hybridized carbons (Fsp3) is 0.286. The number of halogens is 1. The topological polar surface area (TPSA) is 81.2 Å². The number of aromatic amines is 1. The molecule has 1 unspecified atom stereocenters. The SMILES string of the molecule is CN=C(NCc1ncc(-c2ccccc2)[nH]1)NC1CCN(c2ncccc2F)C1. The van der Waals surface area contributed by atoms with Gasteiger partial charge in [-0.15, -0.1) is 0 Å². The molecule has 0 radical (unpaired) electrons. The molecule has 3 aromatic rings. The normalized spacial score (nSPS) is 16.8. The van der Waals surface area contributed by atoms with Gasteiger partial charge in [0.25, 0.3) is 0 Å². The number of hydrogen-bond donors (Lipinski definition) is 3. The molecule has 1 aromatic carbocycles. The smallest absolute Gasteiger partial charge is 0.191 e. The van der Waals surface area contributed by atoms with Gasteiger partial charge in [-0.3, -0.25) is 4.99 Å². The Morgan fingerprint density at radius 3 is 2.90 bits per heavy atom. The average Bonchev–Trinajstić information content (AvgIpc) is 3.42. The second kappa shape index (κ2) is 8.72. The maximum absolute atomic E-state index is 14.0. The maximum atomic E-state index is 14.0. The number of pyridine rings is 1. The van der Waals surface area contributed by atoms with Crippen LogP contribution in [0.15, 0.2) is 59.9 Å². The van der Waals surface area contributed by atoms with Crippen molar-refractivity contribution in [1.29, 1.82) is 0 Å². The molecule has 0 spiro atoms. The van der Waals surface area contributed by atoms with Crippen LogP contribution in [0.2, 0.25) is 0 Å². The lowest BCUT2D eigenvalue weighted by Gasteiger charge is -2.19. The Bertz CT molecular complexity index is 970. The van der Waals surface area contributed by atoms with E-state index >= 15 is 0 Å². The number of H-pyrrole nitrogens is 1. The summed E-state index contributed by atoms with van der Waals surface area (Å²) in [6, 6.07) is 13.3. The maximum Gasteiger partial charge on any atom is 0.191 e. The molecule has 3 N–H and O–H groups in total. The quantitative estimate of drug-likeness (QED) is 0.459. The van der Waals surface area contributed by atoms with E-state index in [1.54, 1.807) is 19.3 Å². The summed E-state index contributed by atoms with van der Waals surface area (Å²) in [6.45, 7) is 1.95. The van der Waals surface area contributed by atoms with Gasteiger partial charge in [0.1, 0.15) is 5.82 Å². The summed E-state index contributed by atoms with van der Waals surface area (Å²) in [5.41, 5.74) is 2.08. The minimum absolute atomic E-state index is 0.166. The molecule has 0 aliphatic carbocycles. The lowest BCUT2D eigenvalue weighted by atomic mass is 10.2. The van der Waals surface area contributed by atoms with Crippen molar-refractivity contribution in [2.75, 3.05) is 25.0 Å². The zero-order valence-corrected chi connectivity index (χ0v) is 16.3. The highest BCUT2D eigenvalue weighted by Crippen LogP contribution is 2.20. The first-order valence-electron chi connectivity index (χ1n) is 9.65. The van der Waals surface area contributed by atoms with Gasteiger partial charge in [-0.25, -0.2) is 14.4 Å². The predicted octanol–water partition coefficient (Wildman–Crippen LogP) is 2.55. The molecule has 1 aliphatic heterocycles. The van der Waals surface area contributed by atoms with Crippen molar-refractivity contribution in [3.8, 4) is 11.3 Å². The molecule has 8 heteroatoms. The Labute approximate surface area is 169 Å². The second-order valence-electron chi connectivity index (χ2n) is 6.92. The van der Waals surface area contributed by atoms with Crippen LogP contribution in [-0.2, 0) is 6.54 Å². The number of imidazole rings is 1. The van der Waals surface area contributed by atoms with Gasteiger partial charge in [-0.2, -0.15) is 0 Å². The van der Waals surface area contributed by atoms with Gasteiger partial charge < -0.3 is 20.5 Å². The van der Waals surface area contributed by atoms with Gasteiger partial charge in [-0.1, -0.05) is 30.3 Å². The lowest BCUT2D eigenvalue weighted by Crippen LogP contribution is -2.44. The van der Waals surface area contributed by atoms with Gasteiger partial charge in [0, 0.05) is 32.4 Å². The minimum Gasteiger partial charge on any atom is -0.352 e. The van der Waals surface area contributed by atoms with E-state index in [1.165, 1.54) is 6.07 Å². The van der Waals surface area contributed by atoms with Crippen LogP contribution in [0.4, 0.5) is 10.2 Å². The Morgan fingerprint density at radius 1 is 1.24 bits per heavy atom. The molecule has 1 saturated heterocycles. The number of hydrogen-bond acceptors (Lipinski definition) is 4. The summed E-state index contributed by atoms with van der Waals surface area (Å²) in [6.07, 6.45) is 4.33. The molecule has 4 rings (SSSR count). The number of guanidine groups is 1. The molecule has 0 saturated carbocycles. The van der Waals surface area contributed by atoms with Gasteiger partial charge in [0.2, 0.25) is 0 Å². The van der Waals surface area contributed by atoms with Crippen molar-refractivity contribution in [3.63, 3.8) is 0 Å². The van der Waals surface area contributed by atoms with Crippen LogP contribution in [0.1, 0.15) is 12.2 Å². The van der Waals surface area contributed by atoms with Crippen LogP contribution in [0.25, 0.3) is 11.3 Å². The first kappa shape index (κ1) is 18.9. The minimum atomic E-state index is -0.289. The molecule has 1 atom stereocenters. The van der Waals surface area contributed by atoms with Gasteiger partial charge >= 0.3 is 0 Å². The molecule has 2 aromatic heterocycles. The largest absolute Gasteiger partial charge is 0.352 e. The highest BCUT2D eigenvalue weighted by Gasteiger charge is 2.25. The van der Waals surface area contributed by atoms with Crippen molar-refractivity contribution >= 4 is 11.8 Å². The molecule has 1 aliphatic rings. The Morgan fingerprint density at radius 2 is 2.10 bits per heavy atom. The molecule has 0 bridgehead atoms. The first-order chi connectivity index (χ1) is 14.2. The zero-order valence-electron chi connectivity index (χ0n) is 16.3. The number of nitrogens with one attached hydrogen (secondary N) is 3. The van der Waals surface area contributed by atoms with Gasteiger partial charge in [-0.05, 0) is 24.1 Å². The van der Waals surface area contributed by atoms with E-state index in [2.05, 4.69) is 30.6 Å². The predicted molar refractivity (Wildman–Crippen MR) is 112 cm³/mol. The number of nitrogens with zero attached hydrogens (tertiary/aromatic N) is 4. The highest BCUT2D eigenvalue weighted by molar-refractivity contribution is 5.80. The second-order valence-corrected chi connectivity index (χ2v) is 6.92. The standard InChI is InChI=1S/C21H24FN7/c1-23-21(26-13-19-25-12-18(28-19)15-6-3-2-4-7-15)27-16-9-11-29(14-16)20-17(22)8-5-10-24-20/h2-8,10,12,16H,9,11,13-14H2,1H3,(H,25,28)(H2,23,26,27).